The maximum absolute atomic E-state index is 12.0. The van der Waals surface area contributed by atoms with Crippen molar-refractivity contribution in [1.29, 1.82) is 0 Å². The number of benzene rings is 2. The fraction of sp³-hybridized carbons (Fsp3) is 0.188. The van der Waals surface area contributed by atoms with E-state index >= 15 is 0 Å². The van der Waals surface area contributed by atoms with Gasteiger partial charge in [-0.2, -0.15) is 0 Å². The predicted molar refractivity (Wildman–Crippen MR) is 84.9 cm³/mol. The highest BCUT2D eigenvalue weighted by atomic mass is 79.9. The molecule has 2 aromatic rings. The lowest BCUT2D eigenvalue weighted by Crippen LogP contribution is -2.30. The van der Waals surface area contributed by atoms with Gasteiger partial charge in [0.25, 0.3) is 5.91 Å². The van der Waals surface area contributed by atoms with Crippen LogP contribution in [0, 0.1) is 0 Å². The second-order valence-electron chi connectivity index (χ2n) is 4.38. The van der Waals surface area contributed by atoms with Crippen molar-refractivity contribution >= 4 is 27.5 Å². The number of carbonyl (C=O) groups excluding carboxylic acids is 1. The largest absolute Gasteiger partial charge is 0.375 e. The molecular formula is C16H16BrNO2. The van der Waals surface area contributed by atoms with Gasteiger partial charge in [0.1, 0.15) is 6.61 Å². The Morgan fingerprint density at radius 3 is 2.35 bits per heavy atom. The molecule has 0 aliphatic carbocycles. The van der Waals surface area contributed by atoms with Crippen LogP contribution in [0.4, 0.5) is 5.69 Å². The lowest BCUT2D eigenvalue weighted by Gasteiger charge is -2.21. The number of halogens is 1. The van der Waals surface area contributed by atoms with Gasteiger partial charge in [-0.15, -0.1) is 0 Å². The Morgan fingerprint density at radius 1 is 1.10 bits per heavy atom. The number of carbonyl (C=O) groups is 1. The molecule has 0 aliphatic rings. The summed E-state index contributed by atoms with van der Waals surface area (Å²) in [7, 11) is 3.28. The van der Waals surface area contributed by atoms with Gasteiger partial charge in [-0.1, -0.05) is 52.3 Å². The van der Waals surface area contributed by atoms with Crippen LogP contribution < -0.4 is 4.90 Å². The number of rotatable bonds is 4. The SMILES string of the molecule is COCC(=O)N(C)c1ccccc1-c1ccccc1Br. The van der Waals surface area contributed by atoms with Crippen molar-refractivity contribution in [3.63, 3.8) is 0 Å². The standard InChI is InChI=1S/C16H16BrNO2/c1-18(16(19)11-20-2)15-10-6-4-8-13(15)12-7-3-5-9-14(12)17/h3-10H,11H2,1-2H3. The first-order chi connectivity index (χ1) is 9.65. The summed E-state index contributed by atoms with van der Waals surface area (Å²) in [6, 6.07) is 15.8. The van der Waals surface area contributed by atoms with Gasteiger partial charge < -0.3 is 9.64 Å². The second kappa shape index (κ2) is 6.68. The molecule has 0 spiro atoms. The predicted octanol–water partition coefficient (Wildman–Crippen LogP) is 3.73. The molecule has 0 radical (unpaired) electrons. The molecule has 0 saturated carbocycles. The van der Waals surface area contributed by atoms with E-state index < -0.39 is 0 Å². The van der Waals surface area contributed by atoms with Crippen LogP contribution in [-0.4, -0.2) is 26.7 Å². The molecule has 0 bridgehead atoms. The summed E-state index contributed by atoms with van der Waals surface area (Å²) in [6.07, 6.45) is 0. The quantitative estimate of drug-likeness (QED) is 0.853. The lowest BCUT2D eigenvalue weighted by molar-refractivity contribution is -0.121. The van der Waals surface area contributed by atoms with E-state index in [1.807, 2.05) is 48.5 Å². The number of hydrogen-bond acceptors (Lipinski definition) is 2. The van der Waals surface area contributed by atoms with Gasteiger partial charge in [-0.3, -0.25) is 4.79 Å². The molecule has 20 heavy (non-hydrogen) atoms. The van der Waals surface area contributed by atoms with E-state index in [4.69, 9.17) is 4.74 Å². The van der Waals surface area contributed by atoms with Crippen molar-refractivity contribution in [2.45, 2.75) is 0 Å². The van der Waals surface area contributed by atoms with Crippen LogP contribution in [-0.2, 0) is 9.53 Å². The number of likely N-dealkylation sites (N-methyl/N-ethyl adjacent to an activating group) is 1. The Kier molecular flexibility index (Phi) is 4.93. The molecule has 0 aliphatic heterocycles. The average Bonchev–Trinajstić information content (AvgIpc) is 2.47. The molecule has 104 valence electrons. The first kappa shape index (κ1) is 14.8. The second-order valence-corrected chi connectivity index (χ2v) is 5.24. The Bertz CT molecular complexity index is 613. The lowest BCUT2D eigenvalue weighted by atomic mass is 10.0. The van der Waals surface area contributed by atoms with Crippen LogP contribution in [0.25, 0.3) is 11.1 Å². The number of nitrogens with zero attached hydrogens (tertiary/aromatic N) is 1. The number of para-hydroxylation sites is 1. The molecule has 0 atom stereocenters. The molecule has 0 unspecified atom stereocenters. The summed E-state index contributed by atoms with van der Waals surface area (Å²) in [5, 5.41) is 0. The molecule has 1 amide bonds. The molecule has 0 saturated heterocycles. The van der Waals surface area contributed by atoms with E-state index in [9.17, 15) is 4.79 Å². The van der Waals surface area contributed by atoms with Gasteiger partial charge >= 0.3 is 0 Å². The van der Waals surface area contributed by atoms with E-state index in [0.29, 0.717) is 0 Å². The number of methoxy groups -OCH3 is 1. The Balaban J connectivity index is 2.46. The van der Waals surface area contributed by atoms with Crippen molar-refractivity contribution in [3.05, 3.63) is 53.0 Å². The third kappa shape index (κ3) is 3.08. The summed E-state index contributed by atoms with van der Waals surface area (Å²) in [5.41, 5.74) is 2.92. The van der Waals surface area contributed by atoms with E-state index in [2.05, 4.69) is 15.9 Å². The molecule has 0 heterocycles. The number of ether oxygens (including phenoxy) is 1. The highest BCUT2D eigenvalue weighted by Crippen LogP contribution is 2.34. The van der Waals surface area contributed by atoms with Gasteiger partial charge in [-0.25, -0.2) is 0 Å². The minimum Gasteiger partial charge on any atom is -0.375 e. The van der Waals surface area contributed by atoms with E-state index in [1.54, 1.807) is 11.9 Å². The fourth-order valence-electron chi connectivity index (χ4n) is 2.03. The van der Waals surface area contributed by atoms with Crippen LogP contribution in [0.3, 0.4) is 0 Å². The van der Waals surface area contributed by atoms with Gasteiger partial charge in [0, 0.05) is 24.2 Å². The number of anilines is 1. The van der Waals surface area contributed by atoms with Gasteiger partial charge in [-0.05, 0) is 17.7 Å². The zero-order chi connectivity index (χ0) is 14.5. The van der Waals surface area contributed by atoms with Crippen molar-refractivity contribution in [2.24, 2.45) is 0 Å². The molecule has 2 rings (SSSR count). The van der Waals surface area contributed by atoms with Crippen LogP contribution in [0.2, 0.25) is 0 Å². The average molecular weight is 334 g/mol. The highest BCUT2D eigenvalue weighted by Gasteiger charge is 2.15. The monoisotopic (exact) mass is 333 g/mol. The zero-order valence-corrected chi connectivity index (χ0v) is 13.1. The van der Waals surface area contributed by atoms with Crippen molar-refractivity contribution < 1.29 is 9.53 Å². The summed E-state index contributed by atoms with van der Waals surface area (Å²) in [6.45, 7) is 0.0702. The molecule has 0 N–H and O–H groups in total. The zero-order valence-electron chi connectivity index (χ0n) is 11.5. The summed E-state index contributed by atoms with van der Waals surface area (Å²) in [5.74, 6) is -0.0768. The number of hydrogen-bond donors (Lipinski definition) is 0. The molecule has 0 fully saturated rings. The minimum absolute atomic E-state index is 0.0702. The van der Waals surface area contributed by atoms with Crippen LogP contribution in [0.1, 0.15) is 0 Å². The fourth-order valence-corrected chi connectivity index (χ4v) is 2.53. The first-order valence-corrected chi connectivity index (χ1v) is 7.04. The molecule has 2 aromatic carbocycles. The molecule has 3 nitrogen and oxygen atoms in total. The smallest absolute Gasteiger partial charge is 0.252 e. The molecule has 0 aromatic heterocycles. The van der Waals surface area contributed by atoms with Gasteiger partial charge in [0.05, 0.1) is 5.69 Å². The molecule has 4 heteroatoms. The maximum atomic E-state index is 12.0. The van der Waals surface area contributed by atoms with Crippen LogP contribution >= 0.6 is 15.9 Å². The minimum atomic E-state index is -0.0768. The van der Waals surface area contributed by atoms with E-state index in [1.165, 1.54) is 7.11 Å². The van der Waals surface area contributed by atoms with Crippen LogP contribution in [0.5, 0.6) is 0 Å². The Labute approximate surface area is 127 Å². The Morgan fingerprint density at radius 2 is 1.70 bits per heavy atom. The summed E-state index contributed by atoms with van der Waals surface area (Å²) < 4.78 is 5.92. The summed E-state index contributed by atoms with van der Waals surface area (Å²) >= 11 is 3.56. The van der Waals surface area contributed by atoms with Crippen molar-refractivity contribution in [1.82, 2.24) is 0 Å². The topological polar surface area (TPSA) is 29.5 Å². The number of amides is 1. The van der Waals surface area contributed by atoms with E-state index in [0.717, 1.165) is 21.3 Å². The van der Waals surface area contributed by atoms with Crippen molar-refractivity contribution in [2.75, 3.05) is 25.7 Å². The third-order valence-electron chi connectivity index (χ3n) is 3.07. The van der Waals surface area contributed by atoms with Gasteiger partial charge in [0.2, 0.25) is 0 Å². The highest BCUT2D eigenvalue weighted by molar-refractivity contribution is 9.10. The normalized spacial score (nSPS) is 10.3. The van der Waals surface area contributed by atoms with Gasteiger partial charge in [0.15, 0.2) is 0 Å². The Hall–Kier alpha value is -1.65. The van der Waals surface area contributed by atoms with Crippen molar-refractivity contribution in [3.8, 4) is 11.1 Å². The van der Waals surface area contributed by atoms with Crippen LogP contribution in [0.15, 0.2) is 53.0 Å². The third-order valence-corrected chi connectivity index (χ3v) is 3.76. The first-order valence-electron chi connectivity index (χ1n) is 6.24. The maximum Gasteiger partial charge on any atom is 0.252 e. The summed E-state index contributed by atoms with van der Waals surface area (Å²) in [4.78, 5) is 13.6. The molecular weight excluding hydrogens is 318 g/mol. The van der Waals surface area contributed by atoms with E-state index in [-0.39, 0.29) is 12.5 Å².